The number of rotatable bonds is 3. The van der Waals surface area contributed by atoms with E-state index >= 15 is 4.39 Å². The van der Waals surface area contributed by atoms with Crippen LogP contribution in [0.1, 0.15) is 38.1 Å². The van der Waals surface area contributed by atoms with Crippen molar-refractivity contribution in [1.29, 1.82) is 0 Å². The van der Waals surface area contributed by atoms with E-state index in [9.17, 15) is 14.4 Å². The second-order valence-electron chi connectivity index (χ2n) is 8.42. The Hall–Kier alpha value is -3.10. The van der Waals surface area contributed by atoms with Gasteiger partial charge in [0, 0.05) is 44.3 Å². The first-order chi connectivity index (χ1) is 14.6. The number of carbonyl (C=O) groups excluding carboxylic acids is 2. The number of anilines is 1. The number of fused-ring (bicyclic) bond motifs is 1. The van der Waals surface area contributed by atoms with Crippen LogP contribution in [0.25, 0.3) is 10.9 Å². The summed E-state index contributed by atoms with van der Waals surface area (Å²) in [6, 6.07) is 2.80. The average Bonchev–Trinajstić information content (AvgIpc) is 2.72. The number of pyridine rings is 1. The number of aromatic nitrogens is 1. The number of hydrogen-bond acceptors (Lipinski definition) is 6. The van der Waals surface area contributed by atoms with Crippen molar-refractivity contribution in [2.45, 2.75) is 39.8 Å². The second-order valence-corrected chi connectivity index (χ2v) is 8.42. The van der Waals surface area contributed by atoms with Gasteiger partial charge in [-0.25, -0.2) is 14.0 Å². The van der Waals surface area contributed by atoms with Crippen LogP contribution < -0.4 is 10.3 Å². The molecule has 168 valence electrons. The molecule has 2 aromatic rings. The van der Waals surface area contributed by atoms with E-state index in [4.69, 9.17) is 4.74 Å². The van der Waals surface area contributed by atoms with Gasteiger partial charge in [0.15, 0.2) is 0 Å². The predicted molar refractivity (Wildman–Crippen MR) is 115 cm³/mol. The molecule has 3 rings (SSSR count). The van der Waals surface area contributed by atoms with Gasteiger partial charge in [-0.1, -0.05) is 0 Å². The number of benzene rings is 1. The van der Waals surface area contributed by atoms with Crippen LogP contribution in [0.3, 0.4) is 0 Å². The van der Waals surface area contributed by atoms with E-state index in [0.29, 0.717) is 43.9 Å². The van der Waals surface area contributed by atoms with E-state index in [1.807, 2.05) is 32.6 Å². The molecule has 1 fully saturated rings. The Labute approximate surface area is 180 Å². The molecular formula is C22H28FN3O5. The van der Waals surface area contributed by atoms with E-state index < -0.39 is 22.8 Å². The highest BCUT2D eigenvalue weighted by Crippen LogP contribution is 2.26. The van der Waals surface area contributed by atoms with Gasteiger partial charge < -0.3 is 23.8 Å². The second kappa shape index (κ2) is 8.56. The van der Waals surface area contributed by atoms with E-state index in [0.717, 1.165) is 0 Å². The lowest BCUT2D eigenvalue weighted by Gasteiger charge is -2.37. The predicted octanol–water partition coefficient (Wildman–Crippen LogP) is 3.00. The minimum absolute atomic E-state index is 0.124. The molecule has 0 spiro atoms. The van der Waals surface area contributed by atoms with Crippen molar-refractivity contribution in [2.24, 2.45) is 0 Å². The Morgan fingerprint density at radius 1 is 1.13 bits per heavy atom. The molecule has 1 aromatic carbocycles. The van der Waals surface area contributed by atoms with Crippen molar-refractivity contribution >= 4 is 28.7 Å². The number of nitrogens with zero attached hydrogens (tertiary/aromatic N) is 3. The van der Waals surface area contributed by atoms with Crippen molar-refractivity contribution < 1.29 is 23.5 Å². The Kier molecular flexibility index (Phi) is 6.24. The van der Waals surface area contributed by atoms with Crippen LogP contribution in [-0.4, -0.2) is 60.4 Å². The zero-order chi connectivity index (χ0) is 22.9. The number of amides is 1. The molecule has 0 aliphatic carbocycles. The largest absolute Gasteiger partial charge is 0.465 e. The maximum atomic E-state index is 15.0. The van der Waals surface area contributed by atoms with Gasteiger partial charge in [-0.15, -0.1) is 0 Å². The third-order valence-electron chi connectivity index (χ3n) is 5.17. The molecule has 8 nitrogen and oxygen atoms in total. The van der Waals surface area contributed by atoms with Crippen LogP contribution in [0.2, 0.25) is 0 Å². The van der Waals surface area contributed by atoms with E-state index in [1.165, 1.54) is 19.4 Å². The van der Waals surface area contributed by atoms with Gasteiger partial charge in [0.25, 0.3) is 0 Å². The van der Waals surface area contributed by atoms with Crippen LogP contribution in [0, 0.1) is 5.82 Å². The summed E-state index contributed by atoms with van der Waals surface area (Å²) >= 11 is 0. The van der Waals surface area contributed by atoms with Gasteiger partial charge in [0.2, 0.25) is 5.43 Å². The summed E-state index contributed by atoms with van der Waals surface area (Å²) in [4.78, 5) is 40.4. The molecule has 0 bridgehead atoms. The van der Waals surface area contributed by atoms with Crippen LogP contribution >= 0.6 is 0 Å². The fourth-order valence-electron chi connectivity index (χ4n) is 3.62. The molecule has 9 heteroatoms. The standard InChI is InChI=1S/C22H28FN3O5/c1-6-24-13-15(20(28)30-5)19(27)14-11-16(23)18(12-17(14)24)25-7-9-26(10-8-25)21(29)31-22(2,3)4/h11-13H,6-10H2,1-5H3. The van der Waals surface area contributed by atoms with E-state index in [1.54, 1.807) is 15.5 Å². The highest BCUT2D eigenvalue weighted by atomic mass is 19.1. The van der Waals surface area contributed by atoms with Gasteiger partial charge >= 0.3 is 12.1 Å². The Balaban J connectivity index is 1.91. The molecule has 0 saturated carbocycles. The van der Waals surface area contributed by atoms with E-state index in [2.05, 4.69) is 4.74 Å². The van der Waals surface area contributed by atoms with Crippen molar-refractivity contribution in [2.75, 3.05) is 38.2 Å². The number of esters is 1. The molecule has 1 saturated heterocycles. The first-order valence-electron chi connectivity index (χ1n) is 10.2. The summed E-state index contributed by atoms with van der Waals surface area (Å²) in [6.45, 7) is 9.43. The molecule has 1 aromatic heterocycles. The van der Waals surface area contributed by atoms with Crippen LogP contribution in [-0.2, 0) is 16.0 Å². The molecule has 0 radical (unpaired) electrons. The van der Waals surface area contributed by atoms with Crippen molar-refractivity contribution in [3.63, 3.8) is 0 Å². The highest BCUT2D eigenvalue weighted by molar-refractivity contribution is 5.94. The highest BCUT2D eigenvalue weighted by Gasteiger charge is 2.27. The summed E-state index contributed by atoms with van der Waals surface area (Å²) in [7, 11) is 1.20. The molecule has 1 aliphatic rings. The Morgan fingerprint density at radius 2 is 1.77 bits per heavy atom. The lowest BCUT2D eigenvalue weighted by Crippen LogP contribution is -2.50. The lowest BCUT2D eigenvalue weighted by molar-refractivity contribution is 0.0240. The topological polar surface area (TPSA) is 81.1 Å². The molecule has 0 N–H and O–H groups in total. The SMILES string of the molecule is CCn1cc(C(=O)OC)c(=O)c2cc(F)c(N3CCN(C(=O)OC(C)(C)C)CC3)cc21. The number of ether oxygens (including phenoxy) is 2. The number of carbonyl (C=O) groups is 2. The van der Waals surface area contributed by atoms with Crippen molar-refractivity contribution in [1.82, 2.24) is 9.47 Å². The summed E-state index contributed by atoms with van der Waals surface area (Å²) in [5.41, 5.74) is -0.387. The molecule has 0 atom stereocenters. The monoisotopic (exact) mass is 433 g/mol. The maximum absolute atomic E-state index is 15.0. The minimum Gasteiger partial charge on any atom is -0.465 e. The normalized spacial score (nSPS) is 14.6. The van der Waals surface area contributed by atoms with Crippen LogP contribution in [0.15, 0.2) is 23.1 Å². The zero-order valence-electron chi connectivity index (χ0n) is 18.5. The Morgan fingerprint density at radius 3 is 2.32 bits per heavy atom. The molecule has 31 heavy (non-hydrogen) atoms. The summed E-state index contributed by atoms with van der Waals surface area (Å²) in [5, 5.41) is 0.124. The van der Waals surface area contributed by atoms with Crippen LogP contribution in [0.5, 0.6) is 0 Å². The lowest BCUT2D eigenvalue weighted by atomic mass is 10.1. The number of halogens is 1. The summed E-state index contributed by atoms with van der Waals surface area (Å²) < 4.78 is 26.8. The molecule has 1 amide bonds. The van der Waals surface area contributed by atoms with Crippen molar-refractivity contribution in [3.8, 4) is 0 Å². The molecule has 0 unspecified atom stereocenters. The Bertz CT molecular complexity index is 1070. The van der Waals surface area contributed by atoms with Gasteiger partial charge in [-0.3, -0.25) is 4.79 Å². The zero-order valence-corrected chi connectivity index (χ0v) is 18.5. The molecular weight excluding hydrogens is 405 g/mol. The molecule has 2 heterocycles. The van der Waals surface area contributed by atoms with Crippen molar-refractivity contribution in [3.05, 3.63) is 39.9 Å². The first kappa shape index (κ1) is 22.6. The third kappa shape index (κ3) is 4.65. The first-order valence-corrected chi connectivity index (χ1v) is 10.2. The number of methoxy groups -OCH3 is 1. The number of aryl methyl sites for hydroxylation is 1. The summed E-state index contributed by atoms with van der Waals surface area (Å²) in [5.74, 6) is -1.31. The fourth-order valence-corrected chi connectivity index (χ4v) is 3.62. The minimum atomic E-state index is -0.753. The average molecular weight is 433 g/mol. The van der Waals surface area contributed by atoms with E-state index in [-0.39, 0.29) is 17.0 Å². The smallest absolute Gasteiger partial charge is 0.410 e. The summed E-state index contributed by atoms with van der Waals surface area (Å²) in [6.07, 6.45) is 1.06. The number of hydrogen-bond donors (Lipinski definition) is 0. The molecule has 1 aliphatic heterocycles. The van der Waals surface area contributed by atoms with Gasteiger partial charge in [0.05, 0.1) is 18.3 Å². The number of piperazine rings is 1. The van der Waals surface area contributed by atoms with Gasteiger partial charge in [-0.2, -0.15) is 0 Å². The van der Waals surface area contributed by atoms with Gasteiger partial charge in [0.1, 0.15) is 17.0 Å². The van der Waals surface area contributed by atoms with Crippen LogP contribution in [0.4, 0.5) is 14.9 Å². The quantitative estimate of drug-likeness (QED) is 0.693. The van der Waals surface area contributed by atoms with Gasteiger partial charge in [-0.05, 0) is 39.8 Å². The maximum Gasteiger partial charge on any atom is 0.410 e. The fraction of sp³-hybridized carbons (Fsp3) is 0.500. The third-order valence-corrected chi connectivity index (χ3v) is 5.17.